The summed E-state index contributed by atoms with van der Waals surface area (Å²) in [5, 5.41) is 12.0. The number of anilines is 1. The molecule has 0 saturated carbocycles. The molecule has 130 valence electrons. The van der Waals surface area contributed by atoms with Crippen LogP contribution in [0.1, 0.15) is 5.56 Å². The molecule has 1 aromatic carbocycles. The largest absolute Gasteiger partial charge is 0.344 e. The van der Waals surface area contributed by atoms with Crippen molar-refractivity contribution in [2.75, 3.05) is 11.6 Å². The number of hydrogen-bond donors (Lipinski definition) is 2. The first kappa shape index (κ1) is 17.3. The Bertz CT molecular complexity index is 947. The van der Waals surface area contributed by atoms with E-state index in [2.05, 4.69) is 20.5 Å². The number of H-pyrrole nitrogens is 1. The molecule has 0 aliphatic carbocycles. The molecule has 3 rings (SSSR count). The zero-order chi connectivity index (χ0) is 17.8. The van der Waals surface area contributed by atoms with E-state index in [1.807, 2.05) is 18.2 Å². The topological polar surface area (TPSA) is 97.6 Å². The minimum atomic E-state index is -0.427. The van der Waals surface area contributed by atoms with Gasteiger partial charge in [0.25, 0.3) is 0 Å². The van der Waals surface area contributed by atoms with E-state index in [4.69, 9.17) is 11.6 Å². The normalized spacial score (nSPS) is 10.8. The van der Waals surface area contributed by atoms with Gasteiger partial charge in [0.05, 0.1) is 12.7 Å². The molecule has 0 aliphatic heterocycles. The second-order valence-electron chi connectivity index (χ2n) is 5.11. The summed E-state index contributed by atoms with van der Waals surface area (Å²) >= 11 is 7.46. The van der Waals surface area contributed by atoms with Crippen LogP contribution in [0.2, 0.25) is 5.02 Å². The highest BCUT2D eigenvalue weighted by atomic mass is 35.5. The number of aromatic amines is 1. The molecule has 0 bridgehead atoms. The number of carbonyl (C=O) groups is 1. The van der Waals surface area contributed by atoms with Gasteiger partial charge in [0.1, 0.15) is 12.4 Å². The van der Waals surface area contributed by atoms with Crippen LogP contribution in [0.25, 0.3) is 0 Å². The quantitative estimate of drug-likeness (QED) is 0.638. The van der Waals surface area contributed by atoms with Gasteiger partial charge in [0, 0.05) is 11.1 Å². The van der Waals surface area contributed by atoms with Crippen molar-refractivity contribution in [3.05, 3.63) is 57.6 Å². The Labute approximate surface area is 152 Å². The van der Waals surface area contributed by atoms with Gasteiger partial charge in [-0.25, -0.2) is 14.2 Å². The summed E-state index contributed by atoms with van der Waals surface area (Å²) in [5.41, 5.74) is 0.459. The summed E-state index contributed by atoms with van der Waals surface area (Å²) in [7, 11) is 0. The number of amides is 1. The maximum Gasteiger partial charge on any atom is 0.344 e. The molecule has 0 aliphatic rings. The average Bonchev–Trinajstić information content (AvgIpc) is 3.16. The van der Waals surface area contributed by atoms with Gasteiger partial charge in [-0.1, -0.05) is 41.6 Å². The maximum absolute atomic E-state index is 12.2. The molecule has 8 nitrogen and oxygen atoms in total. The molecule has 0 radical (unpaired) electrons. The Balaban J connectivity index is 1.70. The molecule has 10 heteroatoms. The van der Waals surface area contributed by atoms with Crippen LogP contribution in [-0.4, -0.2) is 36.7 Å². The third-order valence-electron chi connectivity index (χ3n) is 3.41. The van der Waals surface area contributed by atoms with E-state index in [9.17, 15) is 9.59 Å². The van der Waals surface area contributed by atoms with Gasteiger partial charge >= 0.3 is 5.69 Å². The van der Waals surface area contributed by atoms with Gasteiger partial charge in [-0.05, 0) is 17.9 Å². The number of halogens is 1. The smallest absolute Gasteiger partial charge is 0.309 e. The van der Waals surface area contributed by atoms with Crippen molar-refractivity contribution in [1.82, 2.24) is 24.5 Å². The standard InChI is InChI=1S/C15H15ClN6O2S/c1-25-14-19-15(24)22(20-14)9-13(23)18-12-6-7-17-21(12)8-10-4-2-3-5-11(10)16/h2-7H,8-9H2,1H3,(H,18,23)(H,19,20,24). The van der Waals surface area contributed by atoms with Crippen molar-refractivity contribution < 1.29 is 4.79 Å². The van der Waals surface area contributed by atoms with Crippen molar-refractivity contribution in [1.29, 1.82) is 0 Å². The van der Waals surface area contributed by atoms with Crippen LogP contribution in [0.4, 0.5) is 5.82 Å². The summed E-state index contributed by atoms with van der Waals surface area (Å²) in [6, 6.07) is 9.10. The number of rotatable bonds is 6. The van der Waals surface area contributed by atoms with E-state index in [1.165, 1.54) is 11.8 Å². The van der Waals surface area contributed by atoms with Crippen LogP contribution in [-0.2, 0) is 17.9 Å². The van der Waals surface area contributed by atoms with E-state index in [-0.39, 0.29) is 12.5 Å². The first-order valence-electron chi connectivity index (χ1n) is 7.33. The first-order chi connectivity index (χ1) is 12.1. The van der Waals surface area contributed by atoms with Crippen LogP contribution in [0.3, 0.4) is 0 Å². The van der Waals surface area contributed by atoms with Crippen molar-refractivity contribution in [2.24, 2.45) is 0 Å². The van der Waals surface area contributed by atoms with E-state index in [0.717, 1.165) is 10.2 Å². The Hall–Kier alpha value is -2.52. The Morgan fingerprint density at radius 3 is 2.84 bits per heavy atom. The highest BCUT2D eigenvalue weighted by Crippen LogP contribution is 2.18. The molecule has 2 aromatic heterocycles. The third-order valence-corrected chi connectivity index (χ3v) is 4.35. The molecule has 0 saturated heterocycles. The fourth-order valence-corrected chi connectivity index (χ4v) is 2.77. The SMILES string of the molecule is CSc1nn(CC(=O)Nc2ccnn2Cc2ccccc2Cl)c(=O)[nH]1. The second kappa shape index (κ2) is 7.58. The minimum Gasteiger partial charge on any atom is -0.309 e. The van der Waals surface area contributed by atoms with Gasteiger partial charge < -0.3 is 5.32 Å². The van der Waals surface area contributed by atoms with Crippen LogP contribution in [0.5, 0.6) is 0 Å². The Morgan fingerprint density at radius 2 is 2.12 bits per heavy atom. The number of hydrogen-bond acceptors (Lipinski definition) is 5. The van der Waals surface area contributed by atoms with E-state index < -0.39 is 5.69 Å². The highest BCUT2D eigenvalue weighted by Gasteiger charge is 2.12. The fraction of sp³-hybridized carbons (Fsp3) is 0.200. The number of nitrogens with zero attached hydrogens (tertiary/aromatic N) is 4. The summed E-state index contributed by atoms with van der Waals surface area (Å²) in [4.78, 5) is 26.5. The summed E-state index contributed by atoms with van der Waals surface area (Å²) in [6.07, 6.45) is 3.37. The molecule has 3 aromatic rings. The summed E-state index contributed by atoms with van der Waals surface area (Å²) < 4.78 is 2.70. The molecular formula is C15H15ClN6O2S. The Kier molecular flexibility index (Phi) is 5.25. The molecule has 0 atom stereocenters. The number of carbonyl (C=O) groups excluding carboxylic acids is 1. The number of benzene rings is 1. The van der Waals surface area contributed by atoms with Crippen LogP contribution in [0, 0.1) is 0 Å². The molecule has 0 spiro atoms. The first-order valence-corrected chi connectivity index (χ1v) is 8.93. The second-order valence-corrected chi connectivity index (χ2v) is 6.31. The fourth-order valence-electron chi connectivity index (χ4n) is 2.21. The van der Waals surface area contributed by atoms with Crippen LogP contribution >= 0.6 is 23.4 Å². The van der Waals surface area contributed by atoms with E-state index in [0.29, 0.717) is 22.5 Å². The maximum atomic E-state index is 12.2. The predicted octanol–water partition coefficient (Wildman–Crippen LogP) is 1.83. The Morgan fingerprint density at radius 1 is 1.32 bits per heavy atom. The lowest BCUT2D eigenvalue weighted by Crippen LogP contribution is -2.27. The number of thioether (sulfide) groups is 1. The number of aromatic nitrogens is 5. The number of nitrogens with one attached hydrogen (secondary N) is 2. The molecular weight excluding hydrogens is 364 g/mol. The van der Waals surface area contributed by atoms with Crippen molar-refractivity contribution >= 4 is 35.1 Å². The van der Waals surface area contributed by atoms with Crippen LogP contribution in [0.15, 0.2) is 46.5 Å². The lowest BCUT2D eigenvalue weighted by molar-refractivity contribution is -0.117. The van der Waals surface area contributed by atoms with E-state index in [1.54, 1.807) is 29.3 Å². The van der Waals surface area contributed by atoms with Gasteiger partial charge in [0.2, 0.25) is 5.91 Å². The van der Waals surface area contributed by atoms with Gasteiger partial charge in [-0.15, -0.1) is 5.10 Å². The lowest BCUT2D eigenvalue weighted by Gasteiger charge is -2.10. The monoisotopic (exact) mass is 378 g/mol. The average molecular weight is 379 g/mol. The summed E-state index contributed by atoms with van der Waals surface area (Å²) in [5.74, 6) is 0.140. The minimum absolute atomic E-state index is 0.187. The summed E-state index contributed by atoms with van der Waals surface area (Å²) in [6.45, 7) is 0.231. The molecule has 0 unspecified atom stereocenters. The molecule has 2 heterocycles. The predicted molar refractivity (Wildman–Crippen MR) is 96.0 cm³/mol. The zero-order valence-corrected chi connectivity index (χ0v) is 14.8. The molecule has 1 amide bonds. The van der Waals surface area contributed by atoms with Crippen molar-refractivity contribution in [2.45, 2.75) is 18.2 Å². The zero-order valence-electron chi connectivity index (χ0n) is 13.3. The van der Waals surface area contributed by atoms with Gasteiger partial charge in [0.15, 0.2) is 5.16 Å². The molecule has 2 N–H and O–H groups in total. The lowest BCUT2D eigenvalue weighted by atomic mass is 10.2. The third kappa shape index (κ3) is 4.12. The van der Waals surface area contributed by atoms with Crippen molar-refractivity contribution in [3.8, 4) is 0 Å². The van der Waals surface area contributed by atoms with Gasteiger partial charge in [-0.3, -0.25) is 9.78 Å². The van der Waals surface area contributed by atoms with Crippen molar-refractivity contribution in [3.63, 3.8) is 0 Å². The van der Waals surface area contributed by atoms with Gasteiger partial charge in [-0.2, -0.15) is 5.10 Å². The molecule has 0 fully saturated rings. The van der Waals surface area contributed by atoms with Crippen LogP contribution < -0.4 is 11.0 Å². The highest BCUT2D eigenvalue weighted by molar-refractivity contribution is 7.98. The van der Waals surface area contributed by atoms with E-state index >= 15 is 0 Å². The molecule has 25 heavy (non-hydrogen) atoms.